The van der Waals surface area contributed by atoms with Crippen LogP contribution in [-0.4, -0.2) is 35.1 Å². The van der Waals surface area contributed by atoms with Gasteiger partial charge in [0.1, 0.15) is 5.82 Å². The lowest BCUT2D eigenvalue weighted by atomic mass is 10.2. The molecule has 0 fully saturated rings. The lowest BCUT2D eigenvalue weighted by Gasteiger charge is -2.20. The number of carboxylic acid groups (broad SMARTS) is 1. The lowest BCUT2D eigenvalue weighted by molar-refractivity contribution is -0.137. The average molecular weight is 268 g/mol. The quantitative estimate of drug-likeness (QED) is 0.861. The maximum Gasteiger partial charge on any atom is 0.321 e. The summed E-state index contributed by atoms with van der Waals surface area (Å²) < 4.78 is 13.2. The molecule has 0 aliphatic rings. The van der Waals surface area contributed by atoms with Gasteiger partial charge in [-0.05, 0) is 37.6 Å². The zero-order valence-electron chi connectivity index (χ0n) is 10.9. The predicted molar refractivity (Wildman–Crippen MR) is 69.7 cm³/mol. The third-order valence-corrected chi connectivity index (χ3v) is 2.56. The summed E-state index contributed by atoms with van der Waals surface area (Å²) in [5, 5.41) is 11.1. The first-order valence-corrected chi connectivity index (χ1v) is 5.97. The molecule has 2 N–H and O–H groups in total. The third-order valence-electron chi connectivity index (χ3n) is 2.56. The Bertz CT molecular complexity index is 457. The van der Waals surface area contributed by atoms with Crippen molar-refractivity contribution in [1.29, 1.82) is 0 Å². The number of urea groups is 1. The summed E-state index contributed by atoms with van der Waals surface area (Å²) in [7, 11) is 0. The monoisotopic (exact) mass is 268 g/mol. The molecule has 0 spiro atoms. The number of benzene rings is 1. The Kier molecular flexibility index (Phi) is 5.29. The minimum atomic E-state index is -0.965. The third kappa shape index (κ3) is 4.95. The number of halogens is 1. The van der Waals surface area contributed by atoms with Crippen LogP contribution in [0.3, 0.4) is 0 Å². The van der Waals surface area contributed by atoms with Crippen LogP contribution in [0.1, 0.15) is 18.9 Å². The highest BCUT2D eigenvalue weighted by atomic mass is 19.1. The van der Waals surface area contributed by atoms with Gasteiger partial charge < -0.3 is 15.3 Å². The van der Waals surface area contributed by atoms with Gasteiger partial charge in [-0.3, -0.25) is 4.79 Å². The van der Waals surface area contributed by atoms with Crippen LogP contribution in [0.2, 0.25) is 0 Å². The smallest absolute Gasteiger partial charge is 0.321 e. The lowest BCUT2D eigenvalue weighted by Crippen LogP contribution is -2.36. The molecule has 0 aromatic heterocycles. The molecule has 1 aromatic carbocycles. The van der Waals surface area contributed by atoms with Crippen molar-refractivity contribution < 1.29 is 19.1 Å². The van der Waals surface area contributed by atoms with Gasteiger partial charge in [0.2, 0.25) is 0 Å². The average Bonchev–Trinajstić information content (AvgIpc) is 2.27. The molecule has 0 saturated carbocycles. The molecule has 0 aliphatic carbocycles. The number of aliphatic carboxylic acids is 1. The highest BCUT2D eigenvalue weighted by Gasteiger charge is 2.13. The topological polar surface area (TPSA) is 69.6 Å². The van der Waals surface area contributed by atoms with Gasteiger partial charge in [0.15, 0.2) is 0 Å². The van der Waals surface area contributed by atoms with Crippen molar-refractivity contribution >= 4 is 17.7 Å². The van der Waals surface area contributed by atoms with E-state index in [1.54, 1.807) is 19.9 Å². The van der Waals surface area contributed by atoms with Crippen molar-refractivity contribution in [2.24, 2.45) is 0 Å². The number of hydrogen-bond acceptors (Lipinski definition) is 2. The molecule has 1 rings (SSSR count). The number of carbonyl (C=O) groups excluding carboxylic acids is 1. The van der Waals surface area contributed by atoms with Crippen LogP contribution >= 0.6 is 0 Å². The van der Waals surface area contributed by atoms with E-state index in [-0.39, 0.29) is 13.0 Å². The largest absolute Gasteiger partial charge is 0.481 e. The number of amides is 2. The standard InChI is InChI=1S/C13H17FN2O3/c1-3-16(5-4-12(17)18)13(19)15-11-7-9(2)6-10(14)8-11/h6-8H,3-5H2,1-2H3,(H,15,19)(H,17,18). The first-order valence-electron chi connectivity index (χ1n) is 5.97. The second kappa shape index (κ2) is 6.72. The molecule has 0 unspecified atom stereocenters. The van der Waals surface area contributed by atoms with Crippen LogP contribution in [0.5, 0.6) is 0 Å². The van der Waals surface area contributed by atoms with Crippen molar-refractivity contribution in [3.63, 3.8) is 0 Å². The number of carbonyl (C=O) groups is 2. The van der Waals surface area contributed by atoms with Gasteiger partial charge in [0, 0.05) is 18.8 Å². The number of rotatable bonds is 5. The number of nitrogens with zero attached hydrogens (tertiary/aromatic N) is 1. The SMILES string of the molecule is CCN(CCC(=O)O)C(=O)Nc1cc(C)cc(F)c1. The minimum absolute atomic E-state index is 0.117. The minimum Gasteiger partial charge on any atom is -0.481 e. The number of aryl methyl sites for hydroxylation is 1. The van der Waals surface area contributed by atoms with Crippen LogP contribution in [-0.2, 0) is 4.79 Å². The Morgan fingerprint density at radius 1 is 1.37 bits per heavy atom. The van der Waals surface area contributed by atoms with E-state index < -0.39 is 17.8 Å². The first-order chi connectivity index (χ1) is 8.92. The Balaban J connectivity index is 2.68. The van der Waals surface area contributed by atoms with Gasteiger partial charge in [-0.2, -0.15) is 0 Å². The van der Waals surface area contributed by atoms with Gasteiger partial charge >= 0.3 is 12.0 Å². The van der Waals surface area contributed by atoms with E-state index in [9.17, 15) is 14.0 Å². The number of anilines is 1. The molecule has 19 heavy (non-hydrogen) atoms. The van der Waals surface area contributed by atoms with E-state index in [1.165, 1.54) is 17.0 Å². The summed E-state index contributed by atoms with van der Waals surface area (Å²) in [4.78, 5) is 23.7. The van der Waals surface area contributed by atoms with Crippen LogP contribution in [0, 0.1) is 12.7 Å². The summed E-state index contributed by atoms with van der Waals surface area (Å²) in [6.45, 7) is 3.97. The summed E-state index contributed by atoms with van der Waals surface area (Å²) >= 11 is 0. The molecule has 0 aliphatic heterocycles. The summed E-state index contributed by atoms with van der Waals surface area (Å²) in [6, 6.07) is 3.79. The van der Waals surface area contributed by atoms with Crippen LogP contribution in [0.15, 0.2) is 18.2 Å². The maximum atomic E-state index is 13.2. The molecule has 0 atom stereocenters. The Hall–Kier alpha value is -2.11. The highest BCUT2D eigenvalue weighted by molar-refractivity contribution is 5.89. The van der Waals surface area contributed by atoms with E-state index in [4.69, 9.17) is 5.11 Å². The Morgan fingerprint density at radius 2 is 2.05 bits per heavy atom. The molecule has 1 aromatic rings. The molecule has 104 valence electrons. The Labute approximate surface area is 111 Å². The van der Waals surface area contributed by atoms with E-state index in [1.807, 2.05) is 0 Å². The van der Waals surface area contributed by atoms with Gasteiger partial charge in [-0.1, -0.05) is 0 Å². The van der Waals surface area contributed by atoms with E-state index in [0.29, 0.717) is 17.8 Å². The highest BCUT2D eigenvalue weighted by Crippen LogP contribution is 2.14. The molecule has 6 heteroatoms. The normalized spacial score (nSPS) is 10.1. The van der Waals surface area contributed by atoms with Crippen LogP contribution in [0.25, 0.3) is 0 Å². The second-order valence-corrected chi connectivity index (χ2v) is 4.17. The van der Waals surface area contributed by atoms with Gasteiger partial charge in [-0.15, -0.1) is 0 Å². The summed E-state index contributed by atoms with van der Waals surface area (Å²) in [6.07, 6.45) is -0.122. The summed E-state index contributed by atoms with van der Waals surface area (Å²) in [5.74, 6) is -1.39. The Morgan fingerprint density at radius 3 is 2.58 bits per heavy atom. The van der Waals surface area contributed by atoms with Crippen molar-refractivity contribution in [2.75, 3.05) is 18.4 Å². The zero-order chi connectivity index (χ0) is 14.4. The molecule has 0 heterocycles. The first kappa shape index (κ1) is 14.9. The number of carboxylic acids is 1. The van der Waals surface area contributed by atoms with Crippen molar-refractivity contribution in [1.82, 2.24) is 4.90 Å². The maximum absolute atomic E-state index is 13.2. The van der Waals surface area contributed by atoms with Gasteiger partial charge in [0.25, 0.3) is 0 Å². The summed E-state index contributed by atoms with van der Waals surface area (Å²) in [5.41, 5.74) is 1.06. The van der Waals surface area contributed by atoms with Gasteiger partial charge in [0.05, 0.1) is 6.42 Å². The fourth-order valence-corrected chi connectivity index (χ4v) is 1.64. The molecule has 5 nitrogen and oxygen atoms in total. The van der Waals surface area contributed by atoms with E-state index in [0.717, 1.165) is 0 Å². The van der Waals surface area contributed by atoms with Crippen molar-refractivity contribution in [3.05, 3.63) is 29.6 Å². The fourth-order valence-electron chi connectivity index (χ4n) is 1.64. The van der Waals surface area contributed by atoms with E-state index in [2.05, 4.69) is 5.32 Å². The molecule has 2 amide bonds. The number of nitrogens with one attached hydrogen (secondary N) is 1. The van der Waals surface area contributed by atoms with Gasteiger partial charge in [-0.25, -0.2) is 9.18 Å². The molecular weight excluding hydrogens is 251 g/mol. The second-order valence-electron chi connectivity index (χ2n) is 4.17. The number of hydrogen-bond donors (Lipinski definition) is 2. The predicted octanol–water partition coefficient (Wildman–Crippen LogP) is 2.46. The fraction of sp³-hybridized carbons (Fsp3) is 0.385. The molecule has 0 saturated heterocycles. The van der Waals surface area contributed by atoms with E-state index >= 15 is 0 Å². The zero-order valence-corrected chi connectivity index (χ0v) is 10.9. The van der Waals surface area contributed by atoms with Crippen molar-refractivity contribution in [2.45, 2.75) is 20.3 Å². The molecule has 0 bridgehead atoms. The van der Waals surface area contributed by atoms with Crippen LogP contribution < -0.4 is 5.32 Å². The molecule has 0 radical (unpaired) electrons. The molecular formula is C13H17FN2O3. The van der Waals surface area contributed by atoms with Crippen molar-refractivity contribution in [3.8, 4) is 0 Å². The van der Waals surface area contributed by atoms with Crippen LogP contribution in [0.4, 0.5) is 14.9 Å².